The number of ether oxygens (including phenoxy) is 1. The van der Waals surface area contributed by atoms with Crippen LogP contribution in [0.4, 0.5) is 4.39 Å². The molecule has 2 N–H and O–H groups in total. The smallest absolute Gasteiger partial charge is 0.254 e. The summed E-state index contributed by atoms with van der Waals surface area (Å²) in [4.78, 5) is 16.0. The van der Waals surface area contributed by atoms with Gasteiger partial charge in [-0.05, 0) is 30.5 Å². The van der Waals surface area contributed by atoms with Gasteiger partial charge in [0.25, 0.3) is 5.91 Å². The van der Waals surface area contributed by atoms with Crippen molar-refractivity contribution in [3.8, 4) is 11.6 Å². The minimum atomic E-state index is -0.789. The van der Waals surface area contributed by atoms with E-state index in [1.54, 1.807) is 23.9 Å². The van der Waals surface area contributed by atoms with Gasteiger partial charge < -0.3 is 10.5 Å². The number of carbonyl (C=O) groups excluding carboxylic acids is 1. The molecule has 1 saturated carbocycles. The van der Waals surface area contributed by atoms with E-state index < -0.39 is 11.7 Å². The van der Waals surface area contributed by atoms with E-state index in [2.05, 4.69) is 4.98 Å². The summed E-state index contributed by atoms with van der Waals surface area (Å²) in [6, 6.07) is 8.25. The van der Waals surface area contributed by atoms with Crippen LogP contribution >= 0.6 is 11.8 Å². The maximum atomic E-state index is 13.0. The number of benzene rings is 1. The summed E-state index contributed by atoms with van der Waals surface area (Å²) in [6.07, 6.45) is 11.9. The quantitative estimate of drug-likeness (QED) is 0.762. The average molecular weight is 362 g/mol. The van der Waals surface area contributed by atoms with Gasteiger partial charge in [-0.25, -0.2) is 9.37 Å². The highest BCUT2D eigenvalue weighted by molar-refractivity contribution is 7.98. The highest BCUT2D eigenvalue weighted by Crippen LogP contribution is 2.26. The van der Waals surface area contributed by atoms with Crippen LogP contribution in [-0.2, 0) is 0 Å². The molecule has 0 unspecified atom stereocenters. The molecule has 0 radical (unpaired) electrons. The average Bonchev–Trinajstić information content (AvgIpc) is 2.65. The molecule has 25 heavy (non-hydrogen) atoms. The van der Waals surface area contributed by atoms with Crippen LogP contribution in [0.3, 0.4) is 0 Å². The zero-order valence-electron chi connectivity index (χ0n) is 14.3. The first-order valence-corrected chi connectivity index (χ1v) is 9.60. The molecule has 1 aliphatic rings. The van der Waals surface area contributed by atoms with Crippen LogP contribution in [0.1, 0.15) is 48.9 Å². The predicted octanol–water partition coefficient (Wildman–Crippen LogP) is 5.17. The molecule has 1 heterocycles. The summed E-state index contributed by atoms with van der Waals surface area (Å²) >= 11 is 1.55. The lowest BCUT2D eigenvalue weighted by Crippen LogP contribution is -2.13. The van der Waals surface area contributed by atoms with Crippen molar-refractivity contribution in [2.24, 2.45) is 5.73 Å². The van der Waals surface area contributed by atoms with Crippen molar-refractivity contribution in [1.82, 2.24) is 4.98 Å². The lowest BCUT2D eigenvalue weighted by molar-refractivity contribution is 0.0997. The highest BCUT2D eigenvalue weighted by atomic mass is 32.2. The molecule has 0 bridgehead atoms. The van der Waals surface area contributed by atoms with Gasteiger partial charge in [0.1, 0.15) is 17.1 Å². The normalized spacial score (nSPS) is 13.5. The Morgan fingerprint density at radius 2 is 1.80 bits per heavy atom. The van der Waals surface area contributed by atoms with Gasteiger partial charge in [0.15, 0.2) is 0 Å². The molecule has 1 aromatic heterocycles. The lowest BCUT2D eigenvalue weighted by atomic mass is 10.0. The fraction of sp³-hybridized carbons (Fsp3) is 0.368. The summed E-state index contributed by atoms with van der Waals surface area (Å²) in [5, 5.41) is 0. The molecule has 2 aromatic rings. The lowest BCUT2D eigenvalue weighted by Gasteiger charge is -2.08. The van der Waals surface area contributed by atoms with Gasteiger partial charge in [-0.1, -0.05) is 44.6 Å². The fourth-order valence-corrected chi connectivity index (χ4v) is 2.97. The summed E-state index contributed by atoms with van der Waals surface area (Å²) in [6.45, 7) is 0. The Bertz CT molecular complexity index is 694. The zero-order chi connectivity index (χ0) is 18.1. The summed E-state index contributed by atoms with van der Waals surface area (Å²) in [5.41, 5.74) is 5.08. The van der Waals surface area contributed by atoms with Crippen molar-refractivity contribution >= 4 is 17.7 Å². The Labute approximate surface area is 152 Å². The van der Waals surface area contributed by atoms with Gasteiger partial charge in [-0.15, -0.1) is 11.8 Å². The van der Waals surface area contributed by atoms with Crippen molar-refractivity contribution in [2.45, 2.75) is 43.4 Å². The third kappa shape index (κ3) is 6.38. The molecule has 134 valence electrons. The van der Waals surface area contributed by atoms with E-state index in [1.165, 1.54) is 38.5 Å². The van der Waals surface area contributed by atoms with E-state index in [9.17, 15) is 9.18 Å². The number of thioether (sulfide) groups is 1. The van der Waals surface area contributed by atoms with Crippen LogP contribution < -0.4 is 10.5 Å². The first-order valence-electron chi connectivity index (χ1n) is 8.37. The summed E-state index contributed by atoms with van der Waals surface area (Å²) in [5.74, 6) is -0.928. The van der Waals surface area contributed by atoms with E-state index in [4.69, 9.17) is 10.5 Å². The first kappa shape index (κ1) is 19.2. The standard InChI is InChI=1S/C13H11FN2O2S.C6H12/c1-19-10-4-2-3-9(6-10)18-13-11(12(15)17)5-8(14)7-16-13;1-2-4-6-5-3-1/h2-7H,1H3,(H2,15,17);1-6H2. The number of rotatable bonds is 4. The third-order valence-corrected chi connectivity index (χ3v) is 4.56. The van der Waals surface area contributed by atoms with E-state index in [0.29, 0.717) is 5.75 Å². The summed E-state index contributed by atoms with van der Waals surface area (Å²) in [7, 11) is 0. The number of halogens is 1. The second-order valence-electron chi connectivity index (χ2n) is 5.77. The molecule has 0 saturated heterocycles. The molecule has 1 fully saturated rings. The molecule has 3 rings (SSSR count). The number of aromatic nitrogens is 1. The van der Waals surface area contributed by atoms with E-state index in [0.717, 1.165) is 17.2 Å². The topological polar surface area (TPSA) is 65.2 Å². The fourth-order valence-electron chi connectivity index (χ4n) is 2.52. The van der Waals surface area contributed by atoms with Gasteiger partial charge in [-0.2, -0.15) is 0 Å². The molecule has 1 amide bonds. The number of pyridine rings is 1. The Morgan fingerprint density at radius 3 is 2.36 bits per heavy atom. The van der Waals surface area contributed by atoms with Crippen LogP contribution in [0.2, 0.25) is 0 Å². The minimum Gasteiger partial charge on any atom is -0.438 e. The second kappa shape index (κ2) is 10.0. The van der Waals surface area contributed by atoms with Crippen LogP contribution in [0.15, 0.2) is 41.4 Å². The number of nitrogens with zero attached hydrogens (tertiary/aromatic N) is 1. The van der Waals surface area contributed by atoms with E-state index >= 15 is 0 Å². The third-order valence-electron chi connectivity index (χ3n) is 3.84. The summed E-state index contributed by atoms with van der Waals surface area (Å²) < 4.78 is 18.5. The Kier molecular flexibility index (Phi) is 7.73. The number of amides is 1. The van der Waals surface area contributed by atoms with Crippen molar-refractivity contribution in [3.05, 3.63) is 47.9 Å². The van der Waals surface area contributed by atoms with Crippen LogP contribution in [-0.4, -0.2) is 17.1 Å². The maximum absolute atomic E-state index is 13.0. The van der Waals surface area contributed by atoms with E-state index in [-0.39, 0.29) is 11.4 Å². The molecule has 4 nitrogen and oxygen atoms in total. The Morgan fingerprint density at radius 1 is 1.16 bits per heavy atom. The zero-order valence-corrected chi connectivity index (χ0v) is 15.2. The molecule has 1 aromatic carbocycles. The highest BCUT2D eigenvalue weighted by Gasteiger charge is 2.13. The largest absolute Gasteiger partial charge is 0.438 e. The van der Waals surface area contributed by atoms with Crippen LogP contribution in [0.5, 0.6) is 11.6 Å². The molecule has 0 spiro atoms. The molecule has 1 aliphatic carbocycles. The number of nitrogens with two attached hydrogens (primary N) is 1. The molecule has 0 atom stereocenters. The molecule has 0 aliphatic heterocycles. The van der Waals surface area contributed by atoms with Crippen molar-refractivity contribution < 1.29 is 13.9 Å². The van der Waals surface area contributed by atoms with Gasteiger partial charge in [0.2, 0.25) is 5.88 Å². The van der Waals surface area contributed by atoms with Gasteiger partial charge in [-0.3, -0.25) is 4.79 Å². The van der Waals surface area contributed by atoms with Crippen molar-refractivity contribution in [1.29, 1.82) is 0 Å². The number of hydrogen-bond acceptors (Lipinski definition) is 4. The SMILES string of the molecule is C1CCCCC1.CSc1cccc(Oc2ncc(F)cc2C(N)=O)c1. The molecular weight excluding hydrogens is 339 g/mol. The maximum Gasteiger partial charge on any atom is 0.254 e. The number of hydrogen-bond donors (Lipinski definition) is 1. The number of carbonyl (C=O) groups is 1. The first-order chi connectivity index (χ1) is 12.1. The molecular formula is C19H23FN2O2S. The van der Waals surface area contributed by atoms with Crippen LogP contribution in [0, 0.1) is 5.82 Å². The van der Waals surface area contributed by atoms with Crippen molar-refractivity contribution in [2.75, 3.05) is 6.26 Å². The Balaban J connectivity index is 0.000000316. The second-order valence-corrected chi connectivity index (χ2v) is 6.65. The van der Waals surface area contributed by atoms with Gasteiger partial charge >= 0.3 is 0 Å². The van der Waals surface area contributed by atoms with E-state index in [1.807, 2.05) is 18.4 Å². The van der Waals surface area contributed by atoms with Crippen molar-refractivity contribution in [3.63, 3.8) is 0 Å². The monoisotopic (exact) mass is 362 g/mol. The van der Waals surface area contributed by atoms with Gasteiger partial charge in [0.05, 0.1) is 6.20 Å². The predicted molar refractivity (Wildman–Crippen MR) is 98.7 cm³/mol. The van der Waals surface area contributed by atoms with Gasteiger partial charge in [0, 0.05) is 4.90 Å². The number of primary amides is 1. The minimum absolute atomic E-state index is 0.00727. The molecule has 6 heteroatoms. The van der Waals surface area contributed by atoms with Crippen LogP contribution in [0.25, 0.3) is 0 Å². The Hall–Kier alpha value is -2.08.